The highest BCUT2D eigenvalue weighted by Gasteiger charge is 2.33. The lowest BCUT2D eigenvalue weighted by Gasteiger charge is -2.33. The third-order valence-corrected chi connectivity index (χ3v) is 4.19. The van der Waals surface area contributed by atoms with Crippen molar-refractivity contribution >= 4 is 0 Å². The van der Waals surface area contributed by atoms with Crippen LogP contribution in [-0.2, 0) is 0 Å². The number of piperidine rings is 1. The molecule has 1 aliphatic carbocycles. The number of nitrogens with one attached hydrogen (secondary N) is 2. The van der Waals surface area contributed by atoms with E-state index in [4.69, 9.17) is 0 Å². The molecule has 1 aliphatic heterocycles. The fourth-order valence-electron chi connectivity index (χ4n) is 3.34. The lowest BCUT2D eigenvalue weighted by Crippen LogP contribution is -2.46. The Morgan fingerprint density at radius 1 is 1.19 bits per heavy atom. The highest BCUT2D eigenvalue weighted by atomic mass is 15.0. The van der Waals surface area contributed by atoms with E-state index in [0.29, 0.717) is 0 Å². The molecule has 1 heterocycles. The van der Waals surface area contributed by atoms with Crippen molar-refractivity contribution in [2.75, 3.05) is 13.1 Å². The van der Waals surface area contributed by atoms with Crippen LogP contribution < -0.4 is 10.6 Å². The van der Waals surface area contributed by atoms with Crippen LogP contribution in [0.4, 0.5) is 0 Å². The molecule has 0 aromatic heterocycles. The Bertz CT molecular complexity index is 209. The molecule has 0 spiro atoms. The van der Waals surface area contributed by atoms with Crippen LogP contribution in [0.2, 0.25) is 0 Å². The summed E-state index contributed by atoms with van der Waals surface area (Å²) in [5.41, 5.74) is 0. The van der Waals surface area contributed by atoms with Gasteiger partial charge in [-0.05, 0) is 51.1 Å². The molecule has 16 heavy (non-hydrogen) atoms. The third-order valence-electron chi connectivity index (χ3n) is 4.19. The summed E-state index contributed by atoms with van der Waals surface area (Å²) in [6.45, 7) is 6.13. The lowest BCUT2D eigenvalue weighted by atomic mass is 9.88. The molecule has 0 bridgehead atoms. The average molecular weight is 222 g/mol. The van der Waals surface area contributed by atoms with Gasteiger partial charge in [-0.3, -0.25) is 0 Å². The van der Waals surface area contributed by atoms with Gasteiger partial charge in [-0.15, -0.1) is 6.58 Å². The highest BCUT2D eigenvalue weighted by Crippen LogP contribution is 2.31. The monoisotopic (exact) mass is 222 g/mol. The van der Waals surface area contributed by atoms with E-state index in [1.807, 2.05) is 6.08 Å². The van der Waals surface area contributed by atoms with Crippen molar-refractivity contribution in [1.29, 1.82) is 0 Å². The van der Waals surface area contributed by atoms with Crippen molar-refractivity contribution in [3.05, 3.63) is 12.7 Å². The topological polar surface area (TPSA) is 24.1 Å². The molecule has 0 aromatic rings. The summed E-state index contributed by atoms with van der Waals surface area (Å²) >= 11 is 0. The third kappa shape index (κ3) is 3.08. The molecular formula is C14H26N2. The molecule has 2 fully saturated rings. The van der Waals surface area contributed by atoms with E-state index >= 15 is 0 Å². The summed E-state index contributed by atoms with van der Waals surface area (Å²) in [7, 11) is 0. The van der Waals surface area contributed by atoms with Gasteiger partial charge in [-0.1, -0.05) is 18.9 Å². The van der Waals surface area contributed by atoms with Crippen molar-refractivity contribution < 1.29 is 0 Å². The van der Waals surface area contributed by atoms with Gasteiger partial charge in [0, 0.05) is 12.1 Å². The van der Waals surface area contributed by atoms with Crippen LogP contribution in [0.15, 0.2) is 12.7 Å². The second kappa shape index (κ2) is 6.41. The Labute approximate surface area is 99.9 Å². The first-order valence-corrected chi connectivity index (χ1v) is 6.99. The van der Waals surface area contributed by atoms with Crippen LogP contribution in [0.5, 0.6) is 0 Å². The van der Waals surface area contributed by atoms with Crippen molar-refractivity contribution in [3.63, 3.8) is 0 Å². The summed E-state index contributed by atoms with van der Waals surface area (Å²) in [4.78, 5) is 0. The predicted molar refractivity (Wildman–Crippen MR) is 69.6 cm³/mol. The van der Waals surface area contributed by atoms with Gasteiger partial charge in [0.2, 0.25) is 0 Å². The molecular weight excluding hydrogens is 196 g/mol. The van der Waals surface area contributed by atoms with E-state index in [1.54, 1.807) is 0 Å². The van der Waals surface area contributed by atoms with Crippen LogP contribution >= 0.6 is 0 Å². The number of rotatable bonds is 5. The summed E-state index contributed by atoms with van der Waals surface area (Å²) in [5, 5.41) is 7.44. The van der Waals surface area contributed by atoms with E-state index in [9.17, 15) is 0 Å². The van der Waals surface area contributed by atoms with Gasteiger partial charge in [0.1, 0.15) is 0 Å². The van der Waals surface area contributed by atoms with Crippen LogP contribution in [0.3, 0.4) is 0 Å². The van der Waals surface area contributed by atoms with Gasteiger partial charge in [0.05, 0.1) is 0 Å². The summed E-state index contributed by atoms with van der Waals surface area (Å²) in [6.07, 6.45) is 11.5. The smallest absolute Gasteiger partial charge is 0.0110 e. The second-order valence-corrected chi connectivity index (χ2v) is 5.29. The van der Waals surface area contributed by atoms with Gasteiger partial charge in [-0.25, -0.2) is 0 Å². The van der Waals surface area contributed by atoms with E-state index in [-0.39, 0.29) is 0 Å². The zero-order valence-electron chi connectivity index (χ0n) is 10.4. The molecule has 1 saturated heterocycles. The fraction of sp³-hybridized carbons (Fsp3) is 0.857. The summed E-state index contributed by atoms with van der Waals surface area (Å²) in [6, 6.07) is 1.55. The minimum Gasteiger partial charge on any atom is -0.314 e. The van der Waals surface area contributed by atoms with E-state index in [2.05, 4.69) is 17.2 Å². The largest absolute Gasteiger partial charge is 0.314 e. The molecule has 3 unspecified atom stereocenters. The van der Waals surface area contributed by atoms with Crippen molar-refractivity contribution in [2.45, 2.75) is 57.0 Å². The molecule has 2 heteroatoms. The van der Waals surface area contributed by atoms with Crippen molar-refractivity contribution in [3.8, 4) is 0 Å². The molecule has 2 rings (SSSR count). The van der Waals surface area contributed by atoms with Gasteiger partial charge in [0.25, 0.3) is 0 Å². The minimum absolute atomic E-state index is 0.760. The highest BCUT2D eigenvalue weighted by molar-refractivity contribution is 4.92. The first-order valence-electron chi connectivity index (χ1n) is 6.99. The molecule has 1 saturated carbocycles. The van der Waals surface area contributed by atoms with Crippen LogP contribution in [0.1, 0.15) is 44.9 Å². The van der Waals surface area contributed by atoms with Gasteiger partial charge in [0.15, 0.2) is 0 Å². The van der Waals surface area contributed by atoms with E-state index in [0.717, 1.165) is 31.0 Å². The zero-order valence-corrected chi connectivity index (χ0v) is 10.4. The first-order chi connectivity index (χ1) is 7.92. The quantitative estimate of drug-likeness (QED) is 0.551. The molecule has 3 atom stereocenters. The van der Waals surface area contributed by atoms with Gasteiger partial charge in [-0.2, -0.15) is 0 Å². The van der Waals surface area contributed by atoms with Gasteiger partial charge < -0.3 is 10.6 Å². The first kappa shape index (κ1) is 12.1. The van der Waals surface area contributed by atoms with Crippen molar-refractivity contribution in [2.24, 2.45) is 5.92 Å². The maximum Gasteiger partial charge on any atom is 0.0110 e. The summed E-state index contributed by atoms with van der Waals surface area (Å²) in [5.74, 6) is 0.880. The Hall–Kier alpha value is -0.340. The molecule has 0 amide bonds. The number of hydrogen-bond donors (Lipinski definition) is 2. The lowest BCUT2D eigenvalue weighted by molar-refractivity contribution is 0.258. The van der Waals surface area contributed by atoms with E-state index < -0.39 is 0 Å². The zero-order chi connectivity index (χ0) is 11.2. The Morgan fingerprint density at radius 3 is 2.88 bits per heavy atom. The fourth-order valence-corrected chi connectivity index (χ4v) is 3.34. The standard InChI is InChI=1S/C14H26N2/c1-2-3-10-15-14-9-6-7-12(14)13-8-4-5-11-16-13/h2,12-16H,1,3-11H2. The normalized spacial score (nSPS) is 35.1. The van der Waals surface area contributed by atoms with E-state index in [1.165, 1.54) is 45.1 Å². The minimum atomic E-state index is 0.760. The van der Waals surface area contributed by atoms with Crippen LogP contribution in [-0.4, -0.2) is 25.2 Å². The molecule has 2 nitrogen and oxygen atoms in total. The molecule has 2 N–H and O–H groups in total. The van der Waals surface area contributed by atoms with Crippen LogP contribution in [0.25, 0.3) is 0 Å². The SMILES string of the molecule is C=CCCNC1CCCC1C1CCCCN1. The second-order valence-electron chi connectivity index (χ2n) is 5.29. The average Bonchev–Trinajstić information content (AvgIpc) is 2.79. The Balaban J connectivity index is 1.79. The molecule has 2 aliphatic rings. The van der Waals surface area contributed by atoms with Gasteiger partial charge >= 0.3 is 0 Å². The molecule has 92 valence electrons. The Kier molecular flexibility index (Phi) is 4.86. The van der Waals surface area contributed by atoms with Crippen molar-refractivity contribution in [1.82, 2.24) is 10.6 Å². The maximum absolute atomic E-state index is 3.78. The predicted octanol–water partition coefficient (Wildman–Crippen LogP) is 2.46. The Morgan fingerprint density at radius 2 is 2.12 bits per heavy atom. The number of hydrogen-bond acceptors (Lipinski definition) is 2. The molecule has 0 radical (unpaired) electrons. The molecule has 0 aromatic carbocycles. The summed E-state index contributed by atoms with van der Waals surface area (Å²) < 4.78 is 0. The maximum atomic E-state index is 3.78. The van der Waals surface area contributed by atoms with Crippen LogP contribution in [0, 0.1) is 5.92 Å².